The number of ether oxygens (including phenoxy) is 2. The molecule has 0 bridgehead atoms. The monoisotopic (exact) mass is 292 g/mol. The average molecular weight is 292 g/mol. The predicted octanol–water partition coefficient (Wildman–Crippen LogP) is 2.54. The van der Waals surface area contributed by atoms with Gasteiger partial charge in [-0.25, -0.2) is 0 Å². The molecule has 1 aromatic carbocycles. The second-order valence-corrected chi connectivity index (χ2v) is 5.70. The van der Waals surface area contributed by atoms with Crippen LogP contribution in [0, 0.1) is 11.8 Å². The van der Waals surface area contributed by atoms with Gasteiger partial charge in [0.15, 0.2) is 0 Å². The summed E-state index contributed by atoms with van der Waals surface area (Å²) < 4.78 is 10.5. The van der Waals surface area contributed by atoms with Crippen molar-refractivity contribution in [1.82, 2.24) is 0 Å². The molecule has 0 radical (unpaired) electrons. The molecule has 3 atom stereocenters. The summed E-state index contributed by atoms with van der Waals surface area (Å²) in [4.78, 5) is 11.6. The minimum Gasteiger partial charge on any atom is -0.469 e. The molecule has 0 amide bonds. The van der Waals surface area contributed by atoms with Gasteiger partial charge in [-0.1, -0.05) is 30.3 Å². The van der Waals surface area contributed by atoms with Crippen LogP contribution < -0.4 is 0 Å². The van der Waals surface area contributed by atoms with E-state index in [2.05, 4.69) is 0 Å². The Balaban J connectivity index is 1.70. The van der Waals surface area contributed by atoms with Gasteiger partial charge < -0.3 is 14.6 Å². The van der Waals surface area contributed by atoms with Crippen LogP contribution in [0.1, 0.15) is 31.2 Å². The van der Waals surface area contributed by atoms with Gasteiger partial charge in [-0.3, -0.25) is 4.79 Å². The lowest BCUT2D eigenvalue weighted by molar-refractivity contribution is -0.152. The van der Waals surface area contributed by atoms with Gasteiger partial charge in [-0.05, 0) is 37.2 Å². The van der Waals surface area contributed by atoms with Crippen molar-refractivity contribution in [2.45, 2.75) is 38.4 Å². The van der Waals surface area contributed by atoms with Crippen LogP contribution in [-0.2, 0) is 20.9 Å². The van der Waals surface area contributed by atoms with Crippen molar-refractivity contribution in [3.63, 3.8) is 0 Å². The number of benzene rings is 1. The minimum absolute atomic E-state index is 0.294. The van der Waals surface area contributed by atoms with Gasteiger partial charge >= 0.3 is 5.97 Å². The van der Waals surface area contributed by atoms with Gasteiger partial charge in [0.05, 0.1) is 25.7 Å². The third-order valence-electron chi connectivity index (χ3n) is 4.21. The number of carbonyl (C=O) groups excluding carboxylic acids is 1. The number of aliphatic hydroxyl groups is 1. The third-order valence-corrected chi connectivity index (χ3v) is 4.21. The molecule has 1 aliphatic rings. The maximum absolute atomic E-state index is 11.6. The van der Waals surface area contributed by atoms with Crippen LogP contribution in [-0.4, -0.2) is 30.9 Å². The zero-order chi connectivity index (χ0) is 15.1. The van der Waals surface area contributed by atoms with Crippen molar-refractivity contribution in [2.24, 2.45) is 11.8 Å². The minimum atomic E-state index is -0.557. The van der Waals surface area contributed by atoms with Crippen LogP contribution in [0.5, 0.6) is 0 Å². The van der Waals surface area contributed by atoms with Crippen molar-refractivity contribution in [3.8, 4) is 0 Å². The van der Waals surface area contributed by atoms with Crippen molar-refractivity contribution in [1.29, 1.82) is 0 Å². The summed E-state index contributed by atoms with van der Waals surface area (Å²) in [7, 11) is 1.38. The molecule has 116 valence electrons. The van der Waals surface area contributed by atoms with Crippen molar-refractivity contribution in [2.75, 3.05) is 13.7 Å². The Labute approximate surface area is 126 Å². The number of carbonyl (C=O) groups is 1. The Morgan fingerprint density at radius 1 is 1.29 bits per heavy atom. The van der Waals surface area contributed by atoms with Crippen LogP contribution in [0.3, 0.4) is 0 Å². The first-order chi connectivity index (χ1) is 10.2. The number of methoxy groups -OCH3 is 1. The van der Waals surface area contributed by atoms with E-state index in [-0.39, 0.29) is 11.9 Å². The van der Waals surface area contributed by atoms with E-state index in [1.54, 1.807) is 0 Å². The molecule has 3 unspecified atom stereocenters. The lowest BCUT2D eigenvalue weighted by atomic mass is 9.78. The standard InChI is InChI=1S/C17H24O4/c1-20-17(19)15-11-13(7-8-16(15)18)9-10-21-12-14-5-3-2-4-6-14/h2-6,13,15-16,18H,7-12H2,1H3. The second-order valence-electron chi connectivity index (χ2n) is 5.70. The number of hydrogen-bond acceptors (Lipinski definition) is 4. The zero-order valence-corrected chi connectivity index (χ0v) is 12.5. The molecule has 21 heavy (non-hydrogen) atoms. The highest BCUT2D eigenvalue weighted by Gasteiger charge is 2.34. The SMILES string of the molecule is COC(=O)C1CC(CCOCc2ccccc2)CCC1O. The van der Waals surface area contributed by atoms with Crippen LogP contribution >= 0.6 is 0 Å². The maximum atomic E-state index is 11.6. The van der Waals surface area contributed by atoms with Crippen LogP contribution in [0.4, 0.5) is 0 Å². The number of hydrogen-bond donors (Lipinski definition) is 1. The number of esters is 1. The maximum Gasteiger partial charge on any atom is 0.311 e. The molecule has 0 saturated heterocycles. The second kappa shape index (κ2) is 8.15. The first kappa shape index (κ1) is 16.0. The third kappa shape index (κ3) is 4.83. The van der Waals surface area contributed by atoms with E-state index in [1.165, 1.54) is 12.7 Å². The fourth-order valence-corrected chi connectivity index (χ4v) is 2.92. The van der Waals surface area contributed by atoms with Crippen LogP contribution in [0.2, 0.25) is 0 Å². The fourth-order valence-electron chi connectivity index (χ4n) is 2.92. The lowest BCUT2D eigenvalue weighted by Crippen LogP contribution is -2.35. The van der Waals surface area contributed by atoms with Gasteiger partial charge in [-0.2, -0.15) is 0 Å². The highest BCUT2D eigenvalue weighted by Crippen LogP contribution is 2.32. The molecule has 2 rings (SSSR count). The largest absolute Gasteiger partial charge is 0.469 e. The lowest BCUT2D eigenvalue weighted by Gasteiger charge is -2.31. The fraction of sp³-hybridized carbons (Fsp3) is 0.588. The molecule has 0 heterocycles. The Morgan fingerprint density at radius 3 is 2.76 bits per heavy atom. The summed E-state index contributed by atoms with van der Waals surface area (Å²) in [5.41, 5.74) is 1.17. The molecular weight excluding hydrogens is 268 g/mol. The summed E-state index contributed by atoms with van der Waals surface area (Å²) in [5.74, 6) is -0.242. The molecule has 1 aliphatic carbocycles. The van der Waals surface area contributed by atoms with E-state index < -0.39 is 6.10 Å². The van der Waals surface area contributed by atoms with E-state index >= 15 is 0 Å². The highest BCUT2D eigenvalue weighted by atomic mass is 16.5. The molecule has 4 nitrogen and oxygen atoms in total. The van der Waals surface area contributed by atoms with Gasteiger partial charge in [0.2, 0.25) is 0 Å². The molecule has 1 N–H and O–H groups in total. The Bertz CT molecular complexity index is 432. The van der Waals surface area contributed by atoms with Crippen molar-refractivity contribution in [3.05, 3.63) is 35.9 Å². The van der Waals surface area contributed by atoms with E-state index in [9.17, 15) is 9.90 Å². The molecule has 1 fully saturated rings. The molecule has 1 aromatic rings. The first-order valence-electron chi connectivity index (χ1n) is 7.58. The highest BCUT2D eigenvalue weighted by molar-refractivity contribution is 5.73. The molecule has 1 saturated carbocycles. The Morgan fingerprint density at radius 2 is 2.05 bits per heavy atom. The summed E-state index contributed by atoms with van der Waals surface area (Å²) >= 11 is 0. The first-order valence-corrected chi connectivity index (χ1v) is 7.58. The van der Waals surface area contributed by atoms with E-state index in [0.29, 0.717) is 32.0 Å². The Kier molecular flexibility index (Phi) is 6.21. The van der Waals surface area contributed by atoms with Gasteiger partial charge in [0, 0.05) is 6.61 Å². The van der Waals surface area contributed by atoms with Crippen molar-refractivity contribution < 1.29 is 19.4 Å². The van der Waals surface area contributed by atoms with Gasteiger partial charge in [0.25, 0.3) is 0 Å². The van der Waals surface area contributed by atoms with E-state index in [0.717, 1.165) is 12.8 Å². The molecule has 4 heteroatoms. The number of aliphatic hydroxyl groups excluding tert-OH is 1. The summed E-state index contributed by atoms with van der Waals surface area (Å²) in [6, 6.07) is 10.1. The predicted molar refractivity (Wildman–Crippen MR) is 79.6 cm³/mol. The zero-order valence-electron chi connectivity index (χ0n) is 12.5. The number of rotatable bonds is 6. The summed E-state index contributed by atoms with van der Waals surface area (Å²) in [6.07, 6.45) is 2.68. The molecule has 0 aliphatic heterocycles. The molecule has 0 spiro atoms. The van der Waals surface area contributed by atoms with E-state index in [1.807, 2.05) is 30.3 Å². The quantitative estimate of drug-likeness (QED) is 0.646. The summed E-state index contributed by atoms with van der Waals surface area (Å²) in [6.45, 7) is 1.31. The van der Waals surface area contributed by atoms with Crippen LogP contribution in [0.15, 0.2) is 30.3 Å². The topological polar surface area (TPSA) is 55.8 Å². The van der Waals surface area contributed by atoms with Gasteiger partial charge in [-0.15, -0.1) is 0 Å². The molecule has 0 aromatic heterocycles. The van der Waals surface area contributed by atoms with Crippen LogP contribution in [0.25, 0.3) is 0 Å². The Hall–Kier alpha value is -1.39. The summed E-state index contributed by atoms with van der Waals surface area (Å²) in [5, 5.41) is 9.88. The average Bonchev–Trinajstić information content (AvgIpc) is 2.53. The molecular formula is C17H24O4. The smallest absolute Gasteiger partial charge is 0.311 e. The normalized spacial score (nSPS) is 25.5. The van der Waals surface area contributed by atoms with E-state index in [4.69, 9.17) is 9.47 Å². The van der Waals surface area contributed by atoms with Crippen molar-refractivity contribution >= 4 is 5.97 Å². The van der Waals surface area contributed by atoms with Gasteiger partial charge in [0.1, 0.15) is 0 Å².